The van der Waals surface area contributed by atoms with Crippen LogP contribution in [0.15, 0.2) is 6.33 Å². The molecule has 0 aliphatic heterocycles. The van der Waals surface area contributed by atoms with Crippen molar-refractivity contribution in [3.05, 3.63) is 11.9 Å². The molecule has 1 saturated carbocycles. The van der Waals surface area contributed by atoms with Crippen molar-refractivity contribution >= 4 is 11.6 Å². The summed E-state index contributed by atoms with van der Waals surface area (Å²) in [6.45, 7) is 2.06. The second kappa shape index (κ2) is 3.44. The minimum Gasteiger partial charge on any atom is -0.373 e. The van der Waals surface area contributed by atoms with E-state index in [0.717, 1.165) is 17.2 Å². The molecule has 0 saturated heterocycles. The molecule has 0 radical (unpaired) electrons. The quantitative estimate of drug-likeness (QED) is 0.786. The summed E-state index contributed by atoms with van der Waals surface area (Å²) in [6.07, 6.45) is 4.19. The Hall–Kier alpha value is -1.32. The van der Waals surface area contributed by atoms with Gasteiger partial charge in [0.2, 0.25) is 0 Å². The Kier molecular flexibility index (Phi) is 2.27. The standard InChI is InChI=1S/C10H16N4/c1-7-9(11-2)12-6-13-10(7)14(3)8-4-5-8/h6,8H,4-5H2,1-3H3,(H,11,12,13). The minimum absolute atomic E-state index is 0.688. The van der Waals surface area contributed by atoms with Crippen molar-refractivity contribution in [2.45, 2.75) is 25.8 Å². The maximum Gasteiger partial charge on any atom is 0.137 e. The summed E-state index contributed by atoms with van der Waals surface area (Å²) in [5, 5.41) is 3.07. The zero-order valence-corrected chi connectivity index (χ0v) is 8.91. The molecule has 0 aromatic carbocycles. The van der Waals surface area contributed by atoms with Gasteiger partial charge in [-0.3, -0.25) is 0 Å². The summed E-state index contributed by atoms with van der Waals surface area (Å²) in [5.74, 6) is 1.97. The van der Waals surface area contributed by atoms with Crippen LogP contribution in [0.3, 0.4) is 0 Å². The SMILES string of the molecule is CNc1ncnc(N(C)C2CC2)c1C. The molecule has 1 aromatic rings. The Morgan fingerprint density at radius 1 is 1.43 bits per heavy atom. The van der Waals surface area contributed by atoms with Gasteiger partial charge in [0.05, 0.1) is 0 Å². The van der Waals surface area contributed by atoms with Gasteiger partial charge < -0.3 is 10.2 Å². The topological polar surface area (TPSA) is 41.1 Å². The molecule has 1 heterocycles. The van der Waals surface area contributed by atoms with Crippen LogP contribution < -0.4 is 10.2 Å². The molecule has 1 aromatic heterocycles. The summed E-state index contributed by atoms with van der Waals surface area (Å²) >= 11 is 0. The predicted molar refractivity (Wildman–Crippen MR) is 57.7 cm³/mol. The minimum atomic E-state index is 0.688. The third-order valence-corrected chi connectivity index (χ3v) is 2.72. The molecular weight excluding hydrogens is 176 g/mol. The average molecular weight is 192 g/mol. The van der Waals surface area contributed by atoms with Gasteiger partial charge in [-0.25, -0.2) is 9.97 Å². The molecule has 0 atom stereocenters. The fraction of sp³-hybridized carbons (Fsp3) is 0.600. The lowest BCUT2D eigenvalue weighted by Crippen LogP contribution is -2.22. The zero-order chi connectivity index (χ0) is 10.1. The third kappa shape index (κ3) is 1.52. The summed E-state index contributed by atoms with van der Waals surface area (Å²) in [5.41, 5.74) is 1.13. The Morgan fingerprint density at radius 2 is 2.14 bits per heavy atom. The van der Waals surface area contributed by atoms with Crippen molar-refractivity contribution in [3.63, 3.8) is 0 Å². The molecule has 4 heteroatoms. The van der Waals surface area contributed by atoms with Crippen molar-refractivity contribution in [2.24, 2.45) is 0 Å². The smallest absolute Gasteiger partial charge is 0.137 e. The number of hydrogen-bond donors (Lipinski definition) is 1. The Morgan fingerprint density at radius 3 is 2.71 bits per heavy atom. The van der Waals surface area contributed by atoms with E-state index < -0.39 is 0 Å². The third-order valence-electron chi connectivity index (χ3n) is 2.72. The van der Waals surface area contributed by atoms with Gasteiger partial charge in [0.15, 0.2) is 0 Å². The fourth-order valence-electron chi connectivity index (χ4n) is 1.68. The highest BCUT2D eigenvalue weighted by Crippen LogP contribution is 2.31. The van der Waals surface area contributed by atoms with Gasteiger partial charge >= 0.3 is 0 Å². The molecule has 4 nitrogen and oxygen atoms in total. The lowest BCUT2D eigenvalue weighted by atomic mass is 10.3. The second-order valence-corrected chi connectivity index (χ2v) is 3.76. The van der Waals surface area contributed by atoms with Gasteiger partial charge in [-0.1, -0.05) is 0 Å². The molecule has 14 heavy (non-hydrogen) atoms. The summed E-state index contributed by atoms with van der Waals surface area (Å²) < 4.78 is 0. The van der Waals surface area contributed by atoms with Crippen LogP contribution in [-0.4, -0.2) is 30.1 Å². The number of nitrogens with zero attached hydrogens (tertiary/aromatic N) is 3. The Bertz CT molecular complexity index is 333. The highest BCUT2D eigenvalue weighted by molar-refractivity contribution is 5.58. The molecule has 2 rings (SSSR count). The molecule has 1 aliphatic carbocycles. The molecule has 0 amide bonds. The van der Waals surface area contributed by atoms with E-state index in [-0.39, 0.29) is 0 Å². The highest BCUT2D eigenvalue weighted by atomic mass is 15.2. The van der Waals surface area contributed by atoms with Crippen LogP contribution in [0, 0.1) is 6.92 Å². The van der Waals surface area contributed by atoms with E-state index in [9.17, 15) is 0 Å². The predicted octanol–water partition coefficient (Wildman–Crippen LogP) is 1.43. The van der Waals surface area contributed by atoms with Crippen LogP contribution in [0.1, 0.15) is 18.4 Å². The van der Waals surface area contributed by atoms with Gasteiger partial charge in [-0.15, -0.1) is 0 Å². The van der Waals surface area contributed by atoms with E-state index >= 15 is 0 Å². The van der Waals surface area contributed by atoms with E-state index in [0.29, 0.717) is 6.04 Å². The summed E-state index contributed by atoms with van der Waals surface area (Å²) in [6, 6.07) is 0.688. The van der Waals surface area contributed by atoms with Crippen molar-refractivity contribution < 1.29 is 0 Å². The van der Waals surface area contributed by atoms with Gasteiger partial charge in [-0.2, -0.15) is 0 Å². The maximum absolute atomic E-state index is 4.32. The van der Waals surface area contributed by atoms with Gasteiger partial charge in [-0.05, 0) is 19.8 Å². The van der Waals surface area contributed by atoms with E-state index in [2.05, 4.69) is 34.2 Å². The van der Waals surface area contributed by atoms with Gasteiger partial charge in [0.25, 0.3) is 0 Å². The normalized spacial score (nSPS) is 15.4. The monoisotopic (exact) mass is 192 g/mol. The molecule has 76 valence electrons. The van der Waals surface area contributed by atoms with E-state index in [4.69, 9.17) is 0 Å². The van der Waals surface area contributed by atoms with Crippen molar-refractivity contribution in [3.8, 4) is 0 Å². The molecular formula is C10H16N4. The summed E-state index contributed by atoms with van der Waals surface area (Å²) in [4.78, 5) is 10.7. The first-order valence-corrected chi connectivity index (χ1v) is 4.96. The Balaban J connectivity index is 2.31. The van der Waals surface area contributed by atoms with Crippen molar-refractivity contribution in [1.29, 1.82) is 0 Å². The van der Waals surface area contributed by atoms with E-state index in [1.54, 1.807) is 6.33 Å². The van der Waals surface area contributed by atoms with Crippen LogP contribution in [0.2, 0.25) is 0 Å². The van der Waals surface area contributed by atoms with Gasteiger partial charge in [0, 0.05) is 25.7 Å². The molecule has 1 fully saturated rings. The molecule has 0 unspecified atom stereocenters. The van der Waals surface area contributed by atoms with Gasteiger partial charge in [0.1, 0.15) is 18.0 Å². The maximum atomic E-state index is 4.32. The van der Waals surface area contributed by atoms with Crippen LogP contribution >= 0.6 is 0 Å². The first kappa shape index (κ1) is 9.24. The molecule has 0 spiro atoms. The first-order chi connectivity index (χ1) is 6.74. The number of aromatic nitrogens is 2. The number of hydrogen-bond acceptors (Lipinski definition) is 4. The molecule has 1 N–H and O–H groups in total. The molecule has 1 aliphatic rings. The zero-order valence-electron chi connectivity index (χ0n) is 8.91. The van der Waals surface area contributed by atoms with E-state index in [1.165, 1.54) is 12.8 Å². The van der Waals surface area contributed by atoms with Crippen molar-refractivity contribution in [1.82, 2.24) is 9.97 Å². The van der Waals surface area contributed by atoms with E-state index in [1.807, 2.05) is 7.05 Å². The highest BCUT2D eigenvalue weighted by Gasteiger charge is 2.28. The fourth-order valence-corrected chi connectivity index (χ4v) is 1.68. The van der Waals surface area contributed by atoms with Crippen LogP contribution in [-0.2, 0) is 0 Å². The van der Waals surface area contributed by atoms with Crippen LogP contribution in [0.4, 0.5) is 11.6 Å². The first-order valence-electron chi connectivity index (χ1n) is 4.96. The Labute approximate surface area is 84.4 Å². The number of rotatable bonds is 3. The largest absolute Gasteiger partial charge is 0.373 e. The second-order valence-electron chi connectivity index (χ2n) is 3.76. The number of anilines is 2. The average Bonchev–Trinajstić information content (AvgIpc) is 3.00. The molecule has 0 bridgehead atoms. The van der Waals surface area contributed by atoms with Crippen molar-refractivity contribution in [2.75, 3.05) is 24.3 Å². The summed E-state index contributed by atoms with van der Waals surface area (Å²) in [7, 11) is 3.99. The van der Waals surface area contributed by atoms with Crippen LogP contribution in [0.5, 0.6) is 0 Å². The lowest BCUT2D eigenvalue weighted by Gasteiger charge is -2.20. The van der Waals surface area contributed by atoms with Crippen LogP contribution in [0.25, 0.3) is 0 Å². The number of nitrogens with one attached hydrogen (secondary N) is 1. The lowest BCUT2D eigenvalue weighted by molar-refractivity contribution is 0.877.